The predicted molar refractivity (Wildman–Crippen MR) is 53.3 cm³/mol. The van der Waals surface area contributed by atoms with Gasteiger partial charge in [0.25, 0.3) is 0 Å². The number of allylic oxidation sites excluding steroid dienone is 1. The van der Waals surface area contributed by atoms with Crippen molar-refractivity contribution in [2.45, 2.75) is 32.7 Å². The predicted octanol–water partition coefficient (Wildman–Crippen LogP) is 1.29. The summed E-state index contributed by atoms with van der Waals surface area (Å²) in [5.74, 6) is 0. The van der Waals surface area contributed by atoms with Crippen LogP contribution in [0.3, 0.4) is 0 Å². The second-order valence-corrected chi connectivity index (χ2v) is 4.15. The van der Waals surface area contributed by atoms with E-state index in [1.807, 2.05) is 0 Å². The van der Waals surface area contributed by atoms with E-state index in [-0.39, 0.29) is 0 Å². The van der Waals surface area contributed by atoms with Crippen molar-refractivity contribution >= 4 is 0 Å². The number of hydrogen-bond donors (Lipinski definition) is 2. The second kappa shape index (κ2) is 4.06. The van der Waals surface area contributed by atoms with Crippen LogP contribution in [0.15, 0.2) is 11.6 Å². The first-order valence-corrected chi connectivity index (χ1v) is 4.71. The first kappa shape index (κ1) is 9.75. The summed E-state index contributed by atoms with van der Waals surface area (Å²) < 4.78 is 0. The van der Waals surface area contributed by atoms with Crippen LogP contribution in [0.1, 0.15) is 27.2 Å². The van der Waals surface area contributed by atoms with Crippen LogP contribution in [0.2, 0.25) is 0 Å². The largest absolute Gasteiger partial charge is 0.315 e. The van der Waals surface area contributed by atoms with Crippen LogP contribution < -0.4 is 10.6 Å². The Bertz CT molecular complexity index is 163. The van der Waals surface area contributed by atoms with Gasteiger partial charge in [0.05, 0.1) is 0 Å². The molecule has 1 saturated heterocycles. The molecule has 1 aliphatic rings. The molecule has 2 N–H and O–H groups in total. The summed E-state index contributed by atoms with van der Waals surface area (Å²) in [5, 5.41) is 6.92. The van der Waals surface area contributed by atoms with Gasteiger partial charge in [0.1, 0.15) is 0 Å². The quantitative estimate of drug-likeness (QED) is 0.621. The molecule has 0 aromatic heterocycles. The van der Waals surface area contributed by atoms with Gasteiger partial charge < -0.3 is 10.6 Å². The summed E-state index contributed by atoms with van der Waals surface area (Å²) in [6.45, 7) is 9.81. The minimum Gasteiger partial charge on any atom is -0.315 e. The van der Waals surface area contributed by atoms with Crippen LogP contribution in [0.5, 0.6) is 0 Å². The third-order valence-corrected chi connectivity index (χ3v) is 2.41. The summed E-state index contributed by atoms with van der Waals surface area (Å²) in [6.07, 6.45) is 3.48. The van der Waals surface area contributed by atoms with Gasteiger partial charge in [0, 0.05) is 18.6 Å². The Morgan fingerprint density at radius 2 is 2.33 bits per heavy atom. The van der Waals surface area contributed by atoms with E-state index in [9.17, 15) is 0 Å². The van der Waals surface area contributed by atoms with E-state index in [1.54, 1.807) is 0 Å². The zero-order valence-electron chi connectivity index (χ0n) is 8.41. The molecule has 2 heteroatoms. The Hall–Kier alpha value is -0.340. The second-order valence-electron chi connectivity index (χ2n) is 4.15. The van der Waals surface area contributed by atoms with Gasteiger partial charge in [-0.15, -0.1) is 0 Å². The Labute approximate surface area is 75.4 Å². The molecule has 1 atom stereocenters. The van der Waals surface area contributed by atoms with Gasteiger partial charge in [0.2, 0.25) is 0 Å². The molecule has 2 nitrogen and oxygen atoms in total. The van der Waals surface area contributed by atoms with Crippen LogP contribution in [-0.4, -0.2) is 25.2 Å². The summed E-state index contributed by atoms with van der Waals surface area (Å²) >= 11 is 0. The molecule has 0 aromatic carbocycles. The maximum absolute atomic E-state index is 3.55. The van der Waals surface area contributed by atoms with E-state index in [0.29, 0.717) is 5.54 Å². The molecule has 1 heterocycles. The third kappa shape index (κ3) is 2.95. The molecule has 0 aromatic rings. The van der Waals surface area contributed by atoms with Crippen LogP contribution in [0, 0.1) is 0 Å². The molecule has 1 fully saturated rings. The lowest BCUT2D eigenvalue weighted by Crippen LogP contribution is -2.44. The molecule has 1 aliphatic heterocycles. The average Bonchev–Trinajstić information content (AvgIpc) is 2.35. The van der Waals surface area contributed by atoms with Crippen molar-refractivity contribution in [3.8, 4) is 0 Å². The van der Waals surface area contributed by atoms with E-state index in [0.717, 1.165) is 19.6 Å². The van der Waals surface area contributed by atoms with E-state index < -0.39 is 0 Å². The maximum atomic E-state index is 3.55. The first-order valence-electron chi connectivity index (χ1n) is 4.71. The highest BCUT2D eigenvalue weighted by atomic mass is 15.1. The molecule has 1 unspecified atom stereocenters. The summed E-state index contributed by atoms with van der Waals surface area (Å²) in [7, 11) is 0. The molecular formula is C10H20N2. The minimum absolute atomic E-state index is 0.325. The van der Waals surface area contributed by atoms with Gasteiger partial charge in [-0.25, -0.2) is 0 Å². The molecule has 1 rings (SSSR count). The van der Waals surface area contributed by atoms with Crippen molar-refractivity contribution in [1.29, 1.82) is 0 Å². The van der Waals surface area contributed by atoms with Gasteiger partial charge >= 0.3 is 0 Å². The van der Waals surface area contributed by atoms with Crippen molar-refractivity contribution in [2.75, 3.05) is 19.6 Å². The van der Waals surface area contributed by atoms with Crippen LogP contribution in [-0.2, 0) is 0 Å². The average molecular weight is 168 g/mol. The van der Waals surface area contributed by atoms with E-state index in [4.69, 9.17) is 0 Å². The van der Waals surface area contributed by atoms with Gasteiger partial charge in [-0.05, 0) is 33.7 Å². The molecule has 0 amide bonds. The SMILES string of the molecule is CC(C)=CCNC1(C)CCNC1. The van der Waals surface area contributed by atoms with E-state index in [1.165, 1.54) is 12.0 Å². The van der Waals surface area contributed by atoms with Crippen LogP contribution >= 0.6 is 0 Å². The molecule has 0 bridgehead atoms. The highest BCUT2D eigenvalue weighted by Gasteiger charge is 2.26. The maximum Gasteiger partial charge on any atom is 0.0292 e. The van der Waals surface area contributed by atoms with Crippen molar-refractivity contribution in [1.82, 2.24) is 10.6 Å². The molecule has 0 radical (unpaired) electrons. The van der Waals surface area contributed by atoms with E-state index in [2.05, 4.69) is 37.5 Å². The molecule has 0 saturated carbocycles. The summed E-state index contributed by atoms with van der Waals surface area (Å²) in [4.78, 5) is 0. The van der Waals surface area contributed by atoms with Gasteiger partial charge in [-0.1, -0.05) is 11.6 Å². The lowest BCUT2D eigenvalue weighted by atomic mass is 10.0. The van der Waals surface area contributed by atoms with Gasteiger partial charge in [-0.3, -0.25) is 0 Å². The molecular weight excluding hydrogens is 148 g/mol. The summed E-state index contributed by atoms with van der Waals surface area (Å²) in [5.41, 5.74) is 1.71. The topological polar surface area (TPSA) is 24.1 Å². The Balaban J connectivity index is 2.26. The highest BCUT2D eigenvalue weighted by molar-refractivity contribution is 4.98. The highest BCUT2D eigenvalue weighted by Crippen LogP contribution is 2.12. The van der Waals surface area contributed by atoms with Crippen molar-refractivity contribution in [3.05, 3.63) is 11.6 Å². The zero-order valence-corrected chi connectivity index (χ0v) is 8.41. The van der Waals surface area contributed by atoms with Crippen LogP contribution in [0.25, 0.3) is 0 Å². The third-order valence-electron chi connectivity index (χ3n) is 2.41. The summed E-state index contributed by atoms with van der Waals surface area (Å²) in [6, 6.07) is 0. The van der Waals surface area contributed by atoms with Crippen molar-refractivity contribution in [2.24, 2.45) is 0 Å². The molecule has 12 heavy (non-hydrogen) atoms. The fourth-order valence-corrected chi connectivity index (χ4v) is 1.47. The molecule has 0 spiro atoms. The zero-order chi connectivity index (χ0) is 9.03. The fraction of sp³-hybridized carbons (Fsp3) is 0.800. The monoisotopic (exact) mass is 168 g/mol. The number of hydrogen-bond acceptors (Lipinski definition) is 2. The smallest absolute Gasteiger partial charge is 0.0292 e. The Morgan fingerprint density at radius 3 is 2.83 bits per heavy atom. The molecule has 70 valence electrons. The minimum atomic E-state index is 0.325. The Morgan fingerprint density at radius 1 is 1.58 bits per heavy atom. The van der Waals surface area contributed by atoms with Crippen molar-refractivity contribution in [3.63, 3.8) is 0 Å². The Kier molecular flexibility index (Phi) is 3.29. The fourth-order valence-electron chi connectivity index (χ4n) is 1.47. The standard InChI is InChI=1S/C10H20N2/c1-9(2)4-6-12-10(3)5-7-11-8-10/h4,11-12H,5-8H2,1-3H3. The number of rotatable bonds is 3. The van der Waals surface area contributed by atoms with Crippen LogP contribution in [0.4, 0.5) is 0 Å². The number of nitrogens with one attached hydrogen (secondary N) is 2. The molecule has 0 aliphatic carbocycles. The lowest BCUT2D eigenvalue weighted by molar-refractivity contribution is 0.407. The van der Waals surface area contributed by atoms with Gasteiger partial charge in [0.15, 0.2) is 0 Å². The first-order chi connectivity index (χ1) is 5.62. The lowest BCUT2D eigenvalue weighted by Gasteiger charge is -2.23. The van der Waals surface area contributed by atoms with Gasteiger partial charge in [-0.2, -0.15) is 0 Å². The van der Waals surface area contributed by atoms with Crippen molar-refractivity contribution < 1.29 is 0 Å². The normalized spacial score (nSPS) is 28.9. The van der Waals surface area contributed by atoms with E-state index >= 15 is 0 Å².